The molecule has 0 heterocycles. The Morgan fingerprint density at radius 2 is 2.06 bits per heavy atom. The van der Waals surface area contributed by atoms with Gasteiger partial charge in [-0.25, -0.2) is 4.39 Å². The van der Waals surface area contributed by atoms with Gasteiger partial charge in [-0.15, -0.1) is 0 Å². The number of halogens is 1. The van der Waals surface area contributed by atoms with E-state index in [1.165, 1.54) is 38.2 Å². The maximum atomic E-state index is 13.8. The molecule has 0 aromatic heterocycles. The zero-order chi connectivity index (χ0) is 12.8. The number of rotatable bonds is 5. The summed E-state index contributed by atoms with van der Waals surface area (Å²) in [4.78, 5) is 0. The molecule has 1 N–H and O–H groups in total. The van der Waals surface area contributed by atoms with Gasteiger partial charge in [-0.05, 0) is 31.9 Å². The van der Waals surface area contributed by atoms with Crippen molar-refractivity contribution in [3.05, 3.63) is 29.6 Å². The SMILES string of the molecule is CNCc1cccc(F)c1OCC1CCCCC1. The zero-order valence-corrected chi connectivity index (χ0v) is 11.0. The van der Waals surface area contributed by atoms with E-state index in [-0.39, 0.29) is 5.82 Å². The highest BCUT2D eigenvalue weighted by molar-refractivity contribution is 5.34. The van der Waals surface area contributed by atoms with E-state index in [9.17, 15) is 4.39 Å². The van der Waals surface area contributed by atoms with Crippen LogP contribution in [0.15, 0.2) is 18.2 Å². The van der Waals surface area contributed by atoms with Crippen LogP contribution >= 0.6 is 0 Å². The lowest BCUT2D eigenvalue weighted by molar-refractivity contribution is 0.200. The van der Waals surface area contributed by atoms with Crippen LogP contribution < -0.4 is 10.1 Å². The molecule has 0 saturated heterocycles. The summed E-state index contributed by atoms with van der Waals surface area (Å²) in [6, 6.07) is 5.11. The predicted octanol–water partition coefficient (Wildman–Crippen LogP) is 3.50. The van der Waals surface area contributed by atoms with Crippen molar-refractivity contribution in [3.63, 3.8) is 0 Å². The molecule has 100 valence electrons. The lowest BCUT2D eigenvalue weighted by Crippen LogP contribution is -2.17. The number of nitrogens with one attached hydrogen (secondary N) is 1. The molecule has 0 aliphatic heterocycles. The highest BCUT2D eigenvalue weighted by Gasteiger charge is 2.16. The molecule has 1 aromatic rings. The topological polar surface area (TPSA) is 21.3 Å². The van der Waals surface area contributed by atoms with Crippen LogP contribution in [-0.2, 0) is 6.54 Å². The third-order valence-corrected chi connectivity index (χ3v) is 3.60. The Morgan fingerprint density at radius 3 is 2.78 bits per heavy atom. The maximum absolute atomic E-state index is 13.8. The van der Waals surface area contributed by atoms with Gasteiger partial charge in [0.15, 0.2) is 11.6 Å². The van der Waals surface area contributed by atoms with Crippen molar-refractivity contribution >= 4 is 0 Å². The second-order valence-electron chi connectivity index (χ2n) is 5.07. The fraction of sp³-hybridized carbons (Fsp3) is 0.600. The Hall–Kier alpha value is -1.09. The number of hydrogen-bond acceptors (Lipinski definition) is 2. The number of benzene rings is 1. The van der Waals surface area contributed by atoms with Gasteiger partial charge in [-0.1, -0.05) is 31.4 Å². The van der Waals surface area contributed by atoms with Crippen LogP contribution in [0, 0.1) is 11.7 Å². The summed E-state index contributed by atoms with van der Waals surface area (Å²) < 4.78 is 19.5. The molecule has 1 aliphatic rings. The molecule has 2 nitrogen and oxygen atoms in total. The Balaban J connectivity index is 1.98. The molecular formula is C15H22FNO. The summed E-state index contributed by atoms with van der Waals surface area (Å²) in [5, 5.41) is 3.04. The largest absolute Gasteiger partial charge is 0.490 e. The molecule has 0 amide bonds. The van der Waals surface area contributed by atoms with Crippen LogP contribution in [-0.4, -0.2) is 13.7 Å². The Labute approximate surface area is 109 Å². The Bertz CT molecular complexity index is 375. The number of para-hydroxylation sites is 1. The van der Waals surface area contributed by atoms with Crippen molar-refractivity contribution in [1.82, 2.24) is 5.32 Å². The van der Waals surface area contributed by atoms with E-state index in [4.69, 9.17) is 4.74 Å². The van der Waals surface area contributed by atoms with Gasteiger partial charge in [-0.2, -0.15) is 0 Å². The van der Waals surface area contributed by atoms with E-state index in [1.807, 2.05) is 13.1 Å². The minimum absolute atomic E-state index is 0.251. The molecule has 0 spiro atoms. The van der Waals surface area contributed by atoms with Gasteiger partial charge in [0.1, 0.15) is 0 Å². The first-order valence-corrected chi connectivity index (χ1v) is 6.86. The molecule has 0 bridgehead atoms. The van der Waals surface area contributed by atoms with Gasteiger partial charge < -0.3 is 10.1 Å². The number of ether oxygens (including phenoxy) is 1. The minimum Gasteiger partial charge on any atom is -0.490 e. The van der Waals surface area contributed by atoms with Gasteiger partial charge in [0, 0.05) is 12.1 Å². The predicted molar refractivity (Wildman–Crippen MR) is 71.2 cm³/mol. The van der Waals surface area contributed by atoms with E-state index < -0.39 is 0 Å². The smallest absolute Gasteiger partial charge is 0.165 e. The fourth-order valence-corrected chi connectivity index (χ4v) is 2.60. The van der Waals surface area contributed by atoms with Crippen LogP contribution in [0.3, 0.4) is 0 Å². The van der Waals surface area contributed by atoms with Gasteiger partial charge in [0.2, 0.25) is 0 Å². The van der Waals surface area contributed by atoms with Crippen molar-refractivity contribution in [2.24, 2.45) is 5.92 Å². The Kier molecular flexibility index (Phi) is 5.00. The van der Waals surface area contributed by atoms with Gasteiger partial charge in [0.25, 0.3) is 0 Å². The van der Waals surface area contributed by atoms with Crippen molar-refractivity contribution in [3.8, 4) is 5.75 Å². The molecular weight excluding hydrogens is 229 g/mol. The van der Waals surface area contributed by atoms with E-state index in [1.54, 1.807) is 6.07 Å². The standard InChI is InChI=1S/C15H22FNO/c1-17-10-13-8-5-9-14(16)15(13)18-11-12-6-3-2-4-7-12/h5,8-9,12,17H,2-4,6-7,10-11H2,1H3. The van der Waals surface area contributed by atoms with Crippen LogP contribution in [0.5, 0.6) is 5.75 Å². The molecule has 1 saturated carbocycles. The van der Waals surface area contributed by atoms with E-state index in [2.05, 4.69) is 5.32 Å². The van der Waals surface area contributed by atoms with Crippen molar-refractivity contribution < 1.29 is 9.13 Å². The third kappa shape index (κ3) is 3.45. The lowest BCUT2D eigenvalue weighted by atomic mass is 9.90. The van der Waals surface area contributed by atoms with Gasteiger partial charge in [-0.3, -0.25) is 0 Å². The fourth-order valence-electron chi connectivity index (χ4n) is 2.60. The molecule has 1 fully saturated rings. The van der Waals surface area contributed by atoms with Crippen LogP contribution in [0.4, 0.5) is 4.39 Å². The van der Waals surface area contributed by atoms with E-state index >= 15 is 0 Å². The van der Waals surface area contributed by atoms with Crippen molar-refractivity contribution in [1.29, 1.82) is 0 Å². The summed E-state index contributed by atoms with van der Waals surface area (Å²) in [5.41, 5.74) is 0.897. The molecule has 0 radical (unpaired) electrons. The van der Waals surface area contributed by atoms with E-state index in [0.29, 0.717) is 24.8 Å². The monoisotopic (exact) mass is 251 g/mol. The molecule has 1 aliphatic carbocycles. The minimum atomic E-state index is -0.251. The molecule has 3 heteroatoms. The average molecular weight is 251 g/mol. The van der Waals surface area contributed by atoms with Gasteiger partial charge in [0.05, 0.1) is 6.61 Å². The molecule has 0 atom stereocenters. The summed E-state index contributed by atoms with van der Waals surface area (Å²) in [7, 11) is 1.86. The average Bonchev–Trinajstić information content (AvgIpc) is 2.40. The first kappa shape index (κ1) is 13.3. The van der Waals surface area contributed by atoms with Crippen LogP contribution in [0.2, 0.25) is 0 Å². The normalized spacial score (nSPS) is 16.8. The first-order chi connectivity index (χ1) is 8.81. The quantitative estimate of drug-likeness (QED) is 0.864. The lowest BCUT2D eigenvalue weighted by Gasteiger charge is -2.22. The molecule has 18 heavy (non-hydrogen) atoms. The summed E-state index contributed by atoms with van der Waals surface area (Å²) in [5.74, 6) is 0.775. The summed E-state index contributed by atoms with van der Waals surface area (Å²) >= 11 is 0. The van der Waals surface area contributed by atoms with Crippen molar-refractivity contribution in [2.45, 2.75) is 38.6 Å². The third-order valence-electron chi connectivity index (χ3n) is 3.60. The molecule has 1 aromatic carbocycles. The summed E-state index contributed by atoms with van der Waals surface area (Å²) in [6.45, 7) is 1.29. The second-order valence-corrected chi connectivity index (χ2v) is 5.07. The highest BCUT2D eigenvalue weighted by Crippen LogP contribution is 2.27. The van der Waals surface area contributed by atoms with Crippen LogP contribution in [0.25, 0.3) is 0 Å². The number of hydrogen-bond donors (Lipinski definition) is 1. The molecule has 2 rings (SSSR count). The summed E-state index contributed by atoms with van der Waals surface area (Å²) in [6.07, 6.45) is 6.34. The molecule has 0 unspecified atom stereocenters. The first-order valence-electron chi connectivity index (χ1n) is 6.86. The highest BCUT2D eigenvalue weighted by atomic mass is 19.1. The van der Waals surface area contributed by atoms with Crippen LogP contribution in [0.1, 0.15) is 37.7 Å². The second kappa shape index (κ2) is 6.74. The zero-order valence-electron chi connectivity index (χ0n) is 11.0. The maximum Gasteiger partial charge on any atom is 0.165 e. The van der Waals surface area contributed by atoms with Gasteiger partial charge >= 0.3 is 0 Å². The Morgan fingerprint density at radius 1 is 1.28 bits per heavy atom. The van der Waals surface area contributed by atoms with E-state index in [0.717, 1.165) is 5.56 Å². The van der Waals surface area contributed by atoms with Crippen molar-refractivity contribution in [2.75, 3.05) is 13.7 Å².